The molecule has 0 bridgehead atoms. The smallest absolute Gasteiger partial charge is 0.141 e. The van der Waals surface area contributed by atoms with Crippen molar-refractivity contribution in [1.82, 2.24) is 15.3 Å². The van der Waals surface area contributed by atoms with E-state index in [1.807, 2.05) is 19.9 Å². The zero-order valence-electron chi connectivity index (χ0n) is 16.0. The average Bonchev–Trinajstić information content (AvgIpc) is 2.56. The van der Waals surface area contributed by atoms with Gasteiger partial charge in [0.05, 0.1) is 18.7 Å². The van der Waals surface area contributed by atoms with E-state index in [1.54, 1.807) is 14.0 Å². The van der Waals surface area contributed by atoms with Gasteiger partial charge < -0.3 is 26.5 Å². The third-order valence-corrected chi connectivity index (χ3v) is 5.41. The molecule has 0 radical (unpaired) electrons. The van der Waals surface area contributed by atoms with E-state index in [2.05, 4.69) is 20.6 Å². The molecule has 1 fully saturated rings. The van der Waals surface area contributed by atoms with Gasteiger partial charge in [0.2, 0.25) is 0 Å². The van der Waals surface area contributed by atoms with Gasteiger partial charge in [0.25, 0.3) is 0 Å². The molecule has 1 aromatic carbocycles. The van der Waals surface area contributed by atoms with Crippen LogP contribution in [0.1, 0.15) is 48.1 Å². The van der Waals surface area contributed by atoms with E-state index in [4.69, 9.17) is 27.5 Å². The van der Waals surface area contributed by atoms with Crippen molar-refractivity contribution in [2.24, 2.45) is 0 Å². The SMILES string of the molecule is COc1c(C(C)Nc2ncnc(N)c2C(C)=N)cc(Cl)c(C)c1C1CNC1. The Morgan fingerprint density at radius 2 is 2.15 bits per heavy atom. The molecule has 0 aliphatic carbocycles. The Hall–Kier alpha value is -2.38. The molecule has 2 aromatic rings. The van der Waals surface area contributed by atoms with Gasteiger partial charge in [0.1, 0.15) is 23.7 Å². The first-order valence-electron chi connectivity index (χ1n) is 8.85. The number of ether oxygens (including phenoxy) is 1. The van der Waals surface area contributed by atoms with Crippen LogP contribution >= 0.6 is 11.6 Å². The van der Waals surface area contributed by atoms with Crippen LogP contribution in [0.25, 0.3) is 0 Å². The van der Waals surface area contributed by atoms with Crippen molar-refractivity contribution in [3.63, 3.8) is 0 Å². The van der Waals surface area contributed by atoms with Crippen molar-refractivity contribution < 1.29 is 4.74 Å². The van der Waals surface area contributed by atoms with Gasteiger partial charge in [-0.3, -0.25) is 0 Å². The number of hydrogen-bond acceptors (Lipinski definition) is 7. The molecule has 1 atom stereocenters. The van der Waals surface area contributed by atoms with Gasteiger partial charge in [-0.2, -0.15) is 0 Å². The number of rotatable bonds is 6. The molecule has 27 heavy (non-hydrogen) atoms. The number of nitrogens with one attached hydrogen (secondary N) is 3. The van der Waals surface area contributed by atoms with Crippen LogP contribution in [0.3, 0.4) is 0 Å². The molecule has 1 aromatic heterocycles. The Morgan fingerprint density at radius 1 is 1.44 bits per heavy atom. The van der Waals surface area contributed by atoms with E-state index in [1.165, 1.54) is 6.33 Å². The first-order valence-corrected chi connectivity index (χ1v) is 9.23. The number of nitrogen functional groups attached to an aromatic ring is 1. The maximum absolute atomic E-state index is 7.98. The molecule has 8 heteroatoms. The molecule has 7 nitrogen and oxygen atoms in total. The highest BCUT2D eigenvalue weighted by Gasteiger charge is 2.29. The molecular formula is C19H25ClN6O. The summed E-state index contributed by atoms with van der Waals surface area (Å²) in [5.41, 5.74) is 9.90. The van der Waals surface area contributed by atoms with E-state index in [0.29, 0.717) is 28.0 Å². The molecule has 5 N–H and O–H groups in total. The van der Waals surface area contributed by atoms with Crippen LogP contribution in [0.2, 0.25) is 5.02 Å². The Balaban J connectivity index is 2.03. The summed E-state index contributed by atoms with van der Waals surface area (Å²) in [5, 5.41) is 15.3. The lowest BCUT2D eigenvalue weighted by Crippen LogP contribution is -2.40. The number of anilines is 2. The first-order chi connectivity index (χ1) is 12.8. The molecule has 1 aliphatic rings. The number of halogens is 1. The molecule has 1 unspecified atom stereocenters. The molecule has 1 saturated heterocycles. The summed E-state index contributed by atoms with van der Waals surface area (Å²) in [5.74, 6) is 2.03. The maximum Gasteiger partial charge on any atom is 0.141 e. The summed E-state index contributed by atoms with van der Waals surface area (Å²) < 4.78 is 5.80. The van der Waals surface area contributed by atoms with Crippen LogP contribution < -0.4 is 21.1 Å². The van der Waals surface area contributed by atoms with Crippen LogP contribution in [0.4, 0.5) is 11.6 Å². The summed E-state index contributed by atoms with van der Waals surface area (Å²) in [7, 11) is 1.68. The molecule has 0 saturated carbocycles. The molecule has 1 aliphatic heterocycles. The van der Waals surface area contributed by atoms with E-state index < -0.39 is 0 Å². The number of nitrogens with zero attached hydrogens (tertiary/aromatic N) is 2. The molecule has 0 amide bonds. The van der Waals surface area contributed by atoms with Crippen molar-refractivity contribution in [3.8, 4) is 5.75 Å². The van der Waals surface area contributed by atoms with Gasteiger partial charge in [-0.1, -0.05) is 11.6 Å². The zero-order valence-corrected chi connectivity index (χ0v) is 16.7. The topological polar surface area (TPSA) is 109 Å². The van der Waals surface area contributed by atoms with Crippen LogP contribution in [0.15, 0.2) is 12.4 Å². The van der Waals surface area contributed by atoms with Crippen LogP contribution in [-0.2, 0) is 0 Å². The fraction of sp³-hybridized carbons (Fsp3) is 0.421. The quantitative estimate of drug-likeness (QED) is 0.565. The maximum atomic E-state index is 7.98. The standard InChI is InChI=1S/C19H25ClN6O/c1-9-14(20)5-13(17(27-4)15(9)12-6-23-7-12)11(3)26-19-16(10(2)21)18(22)24-8-25-19/h5,8,11-12,21,23H,6-7H2,1-4H3,(H3,22,24,25,26). The number of hydrogen-bond donors (Lipinski definition) is 4. The fourth-order valence-electron chi connectivity index (χ4n) is 3.46. The van der Waals surface area contributed by atoms with Crippen molar-refractivity contribution >= 4 is 28.9 Å². The van der Waals surface area contributed by atoms with Crippen molar-refractivity contribution in [3.05, 3.63) is 39.7 Å². The van der Waals surface area contributed by atoms with Gasteiger partial charge >= 0.3 is 0 Å². The third kappa shape index (κ3) is 3.57. The predicted molar refractivity (Wildman–Crippen MR) is 109 cm³/mol. The highest BCUT2D eigenvalue weighted by Crippen LogP contribution is 2.41. The largest absolute Gasteiger partial charge is 0.496 e. The first kappa shape index (κ1) is 19.4. The van der Waals surface area contributed by atoms with Gasteiger partial charge in [-0.25, -0.2) is 9.97 Å². The average molecular weight is 389 g/mol. The molecule has 144 valence electrons. The molecular weight excluding hydrogens is 364 g/mol. The number of aromatic nitrogens is 2. The number of benzene rings is 1. The molecule has 2 heterocycles. The van der Waals surface area contributed by atoms with Gasteiger partial charge in [0.15, 0.2) is 0 Å². The fourth-order valence-corrected chi connectivity index (χ4v) is 3.68. The summed E-state index contributed by atoms with van der Waals surface area (Å²) in [4.78, 5) is 8.27. The summed E-state index contributed by atoms with van der Waals surface area (Å²) in [6.45, 7) is 7.53. The highest BCUT2D eigenvalue weighted by atomic mass is 35.5. The summed E-state index contributed by atoms with van der Waals surface area (Å²) in [6, 6.07) is 1.78. The van der Waals surface area contributed by atoms with E-state index in [-0.39, 0.29) is 11.9 Å². The van der Waals surface area contributed by atoms with Gasteiger partial charge in [0, 0.05) is 40.9 Å². The van der Waals surface area contributed by atoms with E-state index in [0.717, 1.165) is 35.5 Å². The van der Waals surface area contributed by atoms with E-state index >= 15 is 0 Å². The second kappa shape index (κ2) is 7.70. The lowest BCUT2D eigenvalue weighted by atomic mass is 9.86. The highest BCUT2D eigenvalue weighted by molar-refractivity contribution is 6.31. The van der Waals surface area contributed by atoms with Crippen LogP contribution in [-0.4, -0.2) is 35.9 Å². The predicted octanol–water partition coefficient (Wildman–Crippen LogP) is 3.28. The summed E-state index contributed by atoms with van der Waals surface area (Å²) >= 11 is 6.54. The second-order valence-electron chi connectivity index (χ2n) is 6.85. The second-order valence-corrected chi connectivity index (χ2v) is 7.26. The number of nitrogens with two attached hydrogens (primary N) is 1. The van der Waals surface area contributed by atoms with Crippen LogP contribution in [0.5, 0.6) is 5.75 Å². The minimum Gasteiger partial charge on any atom is -0.496 e. The minimum atomic E-state index is -0.155. The Labute approximate surface area is 164 Å². The zero-order chi connectivity index (χ0) is 19.7. The Kier molecular flexibility index (Phi) is 5.53. The lowest BCUT2D eigenvalue weighted by Gasteiger charge is -2.32. The molecule has 3 rings (SSSR count). The minimum absolute atomic E-state index is 0.155. The Bertz CT molecular complexity index is 881. The lowest BCUT2D eigenvalue weighted by molar-refractivity contribution is 0.379. The van der Waals surface area contributed by atoms with Gasteiger partial charge in [-0.15, -0.1) is 0 Å². The number of methoxy groups -OCH3 is 1. The third-order valence-electron chi connectivity index (χ3n) is 5.02. The normalized spacial score (nSPS) is 15.1. The Morgan fingerprint density at radius 3 is 2.70 bits per heavy atom. The van der Waals surface area contributed by atoms with Crippen molar-refractivity contribution in [2.45, 2.75) is 32.7 Å². The molecule has 0 spiro atoms. The monoisotopic (exact) mass is 388 g/mol. The van der Waals surface area contributed by atoms with Gasteiger partial charge in [-0.05, 0) is 32.4 Å². The van der Waals surface area contributed by atoms with Crippen LogP contribution in [0, 0.1) is 12.3 Å². The summed E-state index contributed by atoms with van der Waals surface area (Å²) in [6.07, 6.45) is 1.39. The van der Waals surface area contributed by atoms with Crippen molar-refractivity contribution in [1.29, 1.82) is 5.41 Å². The van der Waals surface area contributed by atoms with E-state index in [9.17, 15) is 0 Å². The van der Waals surface area contributed by atoms with Crippen molar-refractivity contribution in [2.75, 3.05) is 31.2 Å².